The number of nitrogens with one attached hydrogen (secondary N) is 2. The summed E-state index contributed by atoms with van der Waals surface area (Å²) in [6, 6.07) is 10.5. The van der Waals surface area contributed by atoms with Gasteiger partial charge in [0.05, 0.1) is 16.5 Å². The first-order chi connectivity index (χ1) is 23.1. The zero-order chi connectivity index (χ0) is 33.6. The monoisotopic (exact) mass is 676 g/mol. The number of ether oxygens (including phenoxy) is 2. The van der Waals surface area contributed by atoms with Crippen molar-refractivity contribution >= 4 is 28.2 Å². The fourth-order valence-corrected chi connectivity index (χ4v) is 10.6. The molecule has 1 aromatic carbocycles. The normalized spacial score (nSPS) is 27.2. The minimum Gasteiger partial charge on any atom is -0.381 e. The van der Waals surface area contributed by atoms with Gasteiger partial charge in [-0.3, -0.25) is 9.59 Å². The number of methoxy groups -OCH3 is 1. The highest BCUT2D eigenvalue weighted by Gasteiger charge is 2.48. The van der Waals surface area contributed by atoms with Crippen molar-refractivity contribution in [2.45, 2.75) is 121 Å². The predicted molar refractivity (Wildman–Crippen MR) is 192 cm³/mol. The molecular weight excluding hydrogens is 621 g/mol. The number of hydrogen-bond donors (Lipinski definition) is 2. The molecule has 6 heterocycles. The molecule has 1 aromatic heterocycles. The molecule has 2 amide bonds. The van der Waals surface area contributed by atoms with Gasteiger partial charge in [0, 0.05) is 62.6 Å². The number of nitrogens with zero attached hydrogens (tertiary/aromatic N) is 2. The highest BCUT2D eigenvalue weighted by molar-refractivity contribution is 7.16. The Balaban J connectivity index is 1.01. The molecule has 0 saturated carbocycles. The summed E-state index contributed by atoms with van der Waals surface area (Å²) in [7, 11) is 1.64. The standard InChI is InChI=1S/C39H56N4O4S/c1-25-20-26(2)22-28(21-25)34-31(12-17-42-15-10-27(11-16-42)24-40-36(44)39(46-5)13-18-47-19-14-39)32-23-33(48-35(32)41-34)38(3,4)37(45)43-29-6-7-30(43)9-8-29/h20-23,27,29-31,34,41H,6-19,24H2,1-5H3,(H,40,44). The Morgan fingerprint density at radius 2 is 1.65 bits per heavy atom. The summed E-state index contributed by atoms with van der Waals surface area (Å²) >= 11 is 1.81. The van der Waals surface area contributed by atoms with Crippen molar-refractivity contribution in [1.82, 2.24) is 15.1 Å². The SMILES string of the molecule is COC1(C(=O)NCC2CCN(CCC3c4cc(C(C)(C)C(=O)N5C6CCC5CC6)sc4NC3c3cc(C)cc(C)c3)CC2)CCOCC1. The second-order valence-electron chi connectivity index (χ2n) is 15.9. The molecule has 0 aliphatic carbocycles. The van der Waals surface area contributed by atoms with Gasteiger partial charge in [0.25, 0.3) is 5.91 Å². The van der Waals surface area contributed by atoms with Crippen LogP contribution < -0.4 is 10.6 Å². The van der Waals surface area contributed by atoms with Crippen molar-refractivity contribution in [3.05, 3.63) is 51.4 Å². The topological polar surface area (TPSA) is 83.1 Å². The van der Waals surface area contributed by atoms with Crippen molar-refractivity contribution in [1.29, 1.82) is 0 Å². The summed E-state index contributed by atoms with van der Waals surface area (Å²) in [6.07, 6.45) is 9.18. The maximum atomic E-state index is 14.0. The molecule has 7 rings (SSSR count). The second-order valence-corrected chi connectivity index (χ2v) is 17.0. The first-order valence-corrected chi connectivity index (χ1v) is 19.3. The van der Waals surface area contributed by atoms with E-state index in [2.05, 4.69) is 72.4 Å². The number of aryl methyl sites for hydroxylation is 2. The molecule has 2 aromatic rings. The third-order valence-corrected chi connectivity index (χ3v) is 13.8. The van der Waals surface area contributed by atoms with E-state index < -0.39 is 11.0 Å². The smallest absolute Gasteiger partial charge is 0.252 e. The molecule has 0 spiro atoms. The number of carbonyl (C=O) groups excluding carboxylic acids is 2. The van der Waals surface area contributed by atoms with Crippen molar-refractivity contribution < 1.29 is 19.1 Å². The second kappa shape index (κ2) is 13.7. The van der Waals surface area contributed by atoms with E-state index in [-0.39, 0.29) is 11.9 Å². The van der Waals surface area contributed by atoms with E-state index in [1.807, 2.05) is 11.3 Å². The van der Waals surface area contributed by atoms with Gasteiger partial charge in [-0.2, -0.15) is 0 Å². The molecule has 0 radical (unpaired) electrons. The van der Waals surface area contributed by atoms with Crippen LogP contribution in [0.15, 0.2) is 24.3 Å². The first kappa shape index (κ1) is 34.0. The van der Waals surface area contributed by atoms with Gasteiger partial charge in [-0.15, -0.1) is 11.3 Å². The van der Waals surface area contributed by atoms with Crippen LogP contribution in [0, 0.1) is 19.8 Å². The van der Waals surface area contributed by atoms with Gasteiger partial charge in [-0.1, -0.05) is 29.3 Å². The van der Waals surface area contributed by atoms with E-state index in [1.54, 1.807) is 7.11 Å². The minimum absolute atomic E-state index is 0.0190. The number of hydrogen-bond acceptors (Lipinski definition) is 7. The van der Waals surface area contributed by atoms with Crippen LogP contribution in [0.3, 0.4) is 0 Å². The van der Waals surface area contributed by atoms with Crippen LogP contribution in [0.5, 0.6) is 0 Å². The molecule has 2 bridgehead atoms. The molecular formula is C39H56N4O4S. The number of carbonyl (C=O) groups is 2. The maximum Gasteiger partial charge on any atom is 0.252 e. The van der Waals surface area contributed by atoms with E-state index in [4.69, 9.17) is 9.47 Å². The van der Waals surface area contributed by atoms with Crippen LogP contribution in [-0.2, 0) is 24.5 Å². The number of likely N-dealkylation sites (tertiary alicyclic amines) is 1. The third kappa shape index (κ3) is 6.45. The van der Waals surface area contributed by atoms with E-state index in [1.165, 1.54) is 57.8 Å². The summed E-state index contributed by atoms with van der Waals surface area (Å²) in [6.45, 7) is 13.7. The van der Waals surface area contributed by atoms with Crippen LogP contribution in [0.25, 0.3) is 0 Å². The lowest BCUT2D eigenvalue weighted by Crippen LogP contribution is -2.53. The molecule has 2 atom stereocenters. The predicted octanol–water partition coefficient (Wildman–Crippen LogP) is 6.46. The largest absolute Gasteiger partial charge is 0.381 e. The highest BCUT2D eigenvalue weighted by Crippen LogP contribution is 2.53. The summed E-state index contributed by atoms with van der Waals surface area (Å²) in [5.41, 5.74) is 4.10. The highest BCUT2D eigenvalue weighted by atomic mass is 32.1. The van der Waals surface area contributed by atoms with Crippen LogP contribution >= 0.6 is 11.3 Å². The number of amides is 2. The van der Waals surface area contributed by atoms with E-state index >= 15 is 0 Å². The zero-order valence-electron chi connectivity index (χ0n) is 29.7. The summed E-state index contributed by atoms with van der Waals surface area (Å²) < 4.78 is 11.2. The van der Waals surface area contributed by atoms with Crippen molar-refractivity contribution in [3.63, 3.8) is 0 Å². The van der Waals surface area contributed by atoms with Gasteiger partial charge in [0.15, 0.2) is 5.60 Å². The lowest BCUT2D eigenvalue weighted by molar-refractivity contribution is -0.155. The Bertz CT molecular complexity index is 1450. The van der Waals surface area contributed by atoms with Crippen molar-refractivity contribution in [2.75, 3.05) is 51.8 Å². The van der Waals surface area contributed by atoms with E-state index in [9.17, 15) is 9.59 Å². The Hall–Kier alpha value is -2.46. The van der Waals surface area contributed by atoms with E-state index in [0.29, 0.717) is 62.4 Å². The lowest BCUT2D eigenvalue weighted by Gasteiger charge is -2.36. The third-order valence-electron chi connectivity index (χ3n) is 12.4. The van der Waals surface area contributed by atoms with Crippen LogP contribution in [0.1, 0.15) is 111 Å². The number of benzene rings is 1. The molecule has 2 unspecified atom stereocenters. The van der Waals surface area contributed by atoms with Crippen LogP contribution in [0.4, 0.5) is 5.00 Å². The quantitative estimate of drug-likeness (QED) is 0.301. The van der Waals surface area contributed by atoms with Gasteiger partial charge < -0.3 is 29.9 Å². The molecule has 9 heteroatoms. The summed E-state index contributed by atoms with van der Waals surface area (Å²) in [5.74, 6) is 1.18. The number of anilines is 1. The average Bonchev–Trinajstić information content (AvgIpc) is 3.87. The Morgan fingerprint density at radius 3 is 2.27 bits per heavy atom. The molecule has 5 aliphatic heterocycles. The molecule has 8 nitrogen and oxygen atoms in total. The lowest BCUT2D eigenvalue weighted by atomic mass is 9.84. The Kier molecular flexibility index (Phi) is 9.70. The zero-order valence-corrected chi connectivity index (χ0v) is 30.6. The van der Waals surface area contributed by atoms with Gasteiger partial charge in [-0.25, -0.2) is 0 Å². The Morgan fingerprint density at radius 1 is 1.00 bits per heavy atom. The van der Waals surface area contributed by atoms with E-state index in [0.717, 1.165) is 38.9 Å². The molecule has 4 fully saturated rings. The van der Waals surface area contributed by atoms with Crippen molar-refractivity contribution in [3.8, 4) is 0 Å². The molecule has 4 saturated heterocycles. The van der Waals surface area contributed by atoms with Gasteiger partial charge in [0.2, 0.25) is 5.91 Å². The van der Waals surface area contributed by atoms with Gasteiger partial charge in [0.1, 0.15) is 0 Å². The maximum absolute atomic E-state index is 14.0. The number of rotatable bonds is 10. The van der Waals surface area contributed by atoms with Gasteiger partial charge in [-0.05, 0) is 115 Å². The fourth-order valence-electron chi connectivity index (χ4n) is 9.38. The number of piperidine rings is 1. The van der Waals surface area contributed by atoms with Crippen LogP contribution in [-0.4, -0.2) is 85.8 Å². The fraction of sp³-hybridized carbons (Fsp3) is 0.692. The van der Waals surface area contributed by atoms with Crippen LogP contribution in [0.2, 0.25) is 0 Å². The van der Waals surface area contributed by atoms with Crippen molar-refractivity contribution in [2.24, 2.45) is 5.92 Å². The Labute approximate surface area is 291 Å². The summed E-state index contributed by atoms with van der Waals surface area (Å²) in [5, 5.41) is 8.43. The number of fused-ring (bicyclic) bond motifs is 3. The number of thiophene rings is 1. The summed E-state index contributed by atoms with van der Waals surface area (Å²) in [4.78, 5) is 33.2. The molecule has 262 valence electrons. The first-order valence-electron chi connectivity index (χ1n) is 18.5. The average molecular weight is 677 g/mol. The van der Waals surface area contributed by atoms with Gasteiger partial charge >= 0.3 is 0 Å². The molecule has 48 heavy (non-hydrogen) atoms. The molecule has 5 aliphatic rings. The minimum atomic E-state index is -0.739. The molecule has 2 N–H and O–H groups in total.